The number of ether oxygens (including phenoxy) is 1. The molecular weight excluding hydrogens is 271 g/mol. The summed E-state index contributed by atoms with van der Waals surface area (Å²) < 4.78 is 43.6. The maximum absolute atomic E-state index is 12.8. The van der Waals surface area contributed by atoms with Crippen molar-refractivity contribution in [1.29, 1.82) is 0 Å². The highest BCUT2D eigenvalue weighted by molar-refractivity contribution is 5.94. The van der Waals surface area contributed by atoms with Gasteiger partial charge in [0.2, 0.25) is 5.88 Å². The second-order valence-corrected chi connectivity index (χ2v) is 4.03. The standard InChI is InChI=1S/C14H10F3NO2/c1-9(19)10-6-7-18-13(8-10)20-12-5-3-2-4-11(12)14(15,16)17/h2-8H,1H3. The van der Waals surface area contributed by atoms with Gasteiger partial charge in [-0.1, -0.05) is 12.1 Å². The fourth-order valence-electron chi connectivity index (χ4n) is 1.59. The number of aromatic nitrogens is 1. The maximum atomic E-state index is 12.8. The van der Waals surface area contributed by atoms with Gasteiger partial charge >= 0.3 is 6.18 Å². The molecule has 0 saturated carbocycles. The third kappa shape index (κ3) is 3.14. The highest BCUT2D eigenvalue weighted by atomic mass is 19.4. The molecule has 104 valence electrons. The average molecular weight is 281 g/mol. The van der Waals surface area contributed by atoms with Gasteiger partial charge in [-0.05, 0) is 25.1 Å². The highest BCUT2D eigenvalue weighted by Gasteiger charge is 2.34. The molecule has 0 saturated heterocycles. The topological polar surface area (TPSA) is 39.2 Å². The SMILES string of the molecule is CC(=O)c1ccnc(Oc2ccccc2C(F)(F)F)c1. The van der Waals surface area contributed by atoms with Gasteiger partial charge < -0.3 is 4.74 Å². The Morgan fingerprint density at radius 3 is 2.55 bits per heavy atom. The molecule has 1 aromatic carbocycles. The average Bonchev–Trinajstić information content (AvgIpc) is 2.38. The van der Waals surface area contributed by atoms with Crippen LogP contribution in [0.3, 0.4) is 0 Å². The monoisotopic (exact) mass is 281 g/mol. The lowest BCUT2D eigenvalue weighted by Gasteiger charge is -2.12. The van der Waals surface area contributed by atoms with Crippen molar-refractivity contribution in [2.45, 2.75) is 13.1 Å². The first-order valence-electron chi connectivity index (χ1n) is 5.69. The van der Waals surface area contributed by atoms with E-state index < -0.39 is 11.7 Å². The van der Waals surface area contributed by atoms with E-state index in [0.717, 1.165) is 6.07 Å². The highest BCUT2D eigenvalue weighted by Crippen LogP contribution is 2.37. The van der Waals surface area contributed by atoms with Crippen LogP contribution in [-0.4, -0.2) is 10.8 Å². The summed E-state index contributed by atoms with van der Waals surface area (Å²) in [5, 5.41) is 0. The fraction of sp³-hybridized carbons (Fsp3) is 0.143. The lowest BCUT2D eigenvalue weighted by Crippen LogP contribution is -2.07. The number of para-hydroxylation sites is 1. The minimum absolute atomic E-state index is 0.0607. The lowest BCUT2D eigenvalue weighted by molar-refractivity contribution is -0.138. The number of carbonyl (C=O) groups excluding carboxylic acids is 1. The summed E-state index contributed by atoms with van der Waals surface area (Å²) in [5.74, 6) is -0.635. The van der Waals surface area contributed by atoms with E-state index in [0.29, 0.717) is 5.56 Å². The van der Waals surface area contributed by atoms with Crippen molar-refractivity contribution < 1.29 is 22.7 Å². The number of carbonyl (C=O) groups is 1. The number of halogens is 3. The summed E-state index contributed by atoms with van der Waals surface area (Å²) >= 11 is 0. The molecule has 0 aliphatic heterocycles. The summed E-state index contributed by atoms with van der Waals surface area (Å²) in [6.07, 6.45) is -3.21. The number of pyridine rings is 1. The van der Waals surface area contributed by atoms with Gasteiger partial charge in [-0.2, -0.15) is 13.2 Å². The van der Waals surface area contributed by atoms with E-state index in [4.69, 9.17) is 4.74 Å². The zero-order chi connectivity index (χ0) is 14.8. The second-order valence-electron chi connectivity index (χ2n) is 4.03. The van der Waals surface area contributed by atoms with Gasteiger partial charge in [0, 0.05) is 17.8 Å². The predicted octanol–water partition coefficient (Wildman–Crippen LogP) is 4.10. The summed E-state index contributed by atoms with van der Waals surface area (Å²) in [4.78, 5) is 15.0. The number of hydrogen-bond acceptors (Lipinski definition) is 3. The van der Waals surface area contributed by atoms with E-state index in [9.17, 15) is 18.0 Å². The normalized spacial score (nSPS) is 11.2. The molecule has 0 N–H and O–H groups in total. The molecule has 0 aliphatic rings. The van der Waals surface area contributed by atoms with Crippen LogP contribution < -0.4 is 4.74 Å². The predicted molar refractivity (Wildman–Crippen MR) is 65.8 cm³/mol. The van der Waals surface area contributed by atoms with Crippen molar-refractivity contribution in [3.63, 3.8) is 0 Å². The smallest absolute Gasteiger partial charge is 0.419 e. The molecule has 6 heteroatoms. The number of Topliss-reactive ketones (excluding diaryl/α,β-unsaturated/α-hetero) is 1. The van der Waals surface area contributed by atoms with Gasteiger partial charge in [0.15, 0.2) is 5.78 Å². The Morgan fingerprint density at radius 2 is 1.90 bits per heavy atom. The van der Waals surface area contributed by atoms with E-state index in [1.54, 1.807) is 0 Å². The Labute approximate surface area is 113 Å². The molecule has 2 rings (SSSR count). The van der Waals surface area contributed by atoms with Crippen LogP contribution in [0.1, 0.15) is 22.8 Å². The molecule has 0 bridgehead atoms. The first-order valence-corrected chi connectivity index (χ1v) is 5.69. The first-order chi connectivity index (χ1) is 9.38. The summed E-state index contributed by atoms with van der Waals surface area (Å²) in [6, 6.07) is 7.59. The van der Waals surface area contributed by atoms with Crippen LogP contribution in [0.15, 0.2) is 42.6 Å². The van der Waals surface area contributed by atoms with Crippen LogP contribution >= 0.6 is 0 Å². The van der Waals surface area contributed by atoms with Crippen molar-refractivity contribution in [2.24, 2.45) is 0 Å². The van der Waals surface area contributed by atoms with E-state index in [-0.39, 0.29) is 17.4 Å². The minimum atomic E-state index is -4.52. The van der Waals surface area contributed by atoms with Crippen molar-refractivity contribution in [3.8, 4) is 11.6 Å². The first kappa shape index (κ1) is 14.0. The zero-order valence-electron chi connectivity index (χ0n) is 10.4. The van der Waals surface area contributed by atoms with E-state index in [1.165, 1.54) is 43.5 Å². The van der Waals surface area contributed by atoms with Gasteiger partial charge in [0.1, 0.15) is 5.75 Å². The summed E-state index contributed by atoms with van der Waals surface area (Å²) in [6.45, 7) is 1.35. The number of rotatable bonds is 3. The molecule has 0 radical (unpaired) electrons. The second kappa shape index (κ2) is 5.32. The molecule has 2 aromatic rings. The molecule has 0 spiro atoms. The van der Waals surface area contributed by atoms with Crippen molar-refractivity contribution in [3.05, 3.63) is 53.7 Å². The third-order valence-electron chi connectivity index (χ3n) is 2.55. The molecule has 0 amide bonds. The molecule has 0 aliphatic carbocycles. The van der Waals surface area contributed by atoms with Crippen LogP contribution in [0.25, 0.3) is 0 Å². The van der Waals surface area contributed by atoms with Gasteiger partial charge in [-0.3, -0.25) is 4.79 Å². The molecule has 0 fully saturated rings. The summed E-state index contributed by atoms with van der Waals surface area (Å²) in [5.41, 5.74) is -0.575. The lowest BCUT2D eigenvalue weighted by atomic mass is 10.2. The number of benzene rings is 1. The molecule has 3 nitrogen and oxygen atoms in total. The maximum Gasteiger partial charge on any atom is 0.419 e. The molecule has 0 unspecified atom stereocenters. The zero-order valence-corrected chi connectivity index (χ0v) is 10.4. The van der Waals surface area contributed by atoms with E-state index in [2.05, 4.69) is 4.98 Å². The Morgan fingerprint density at radius 1 is 1.20 bits per heavy atom. The van der Waals surface area contributed by atoms with Gasteiger partial charge in [0.25, 0.3) is 0 Å². The van der Waals surface area contributed by atoms with Gasteiger partial charge in [-0.15, -0.1) is 0 Å². The largest absolute Gasteiger partial charge is 0.438 e. The van der Waals surface area contributed by atoms with Crippen LogP contribution in [0.2, 0.25) is 0 Å². The Hall–Kier alpha value is -2.37. The minimum Gasteiger partial charge on any atom is -0.438 e. The van der Waals surface area contributed by atoms with Gasteiger partial charge in [0.05, 0.1) is 5.56 Å². The van der Waals surface area contributed by atoms with Crippen LogP contribution in [0, 0.1) is 0 Å². The molecule has 0 atom stereocenters. The van der Waals surface area contributed by atoms with Gasteiger partial charge in [-0.25, -0.2) is 4.98 Å². The third-order valence-corrected chi connectivity index (χ3v) is 2.55. The van der Waals surface area contributed by atoms with Crippen LogP contribution in [0.4, 0.5) is 13.2 Å². The molecule has 1 aromatic heterocycles. The van der Waals surface area contributed by atoms with E-state index >= 15 is 0 Å². The summed E-state index contributed by atoms with van der Waals surface area (Å²) in [7, 11) is 0. The number of alkyl halides is 3. The van der Waals surface area contributed by atoms with E-state index in [1.807, 2.05) is 0 Å². The van der Waals surface area contributed by atoms with Crippen molar-refractivity contribution in [1.82, 2.24) is 4.98 Å². The van der Waals surface area contributed by atoms with Crippen molar-refractivity contribution in [2.75, 3.05) is 0 Å². The Balaban J connectivity index is 2.36. The molecular formula is C14H10F3NO2. The van der Waals surface area contributed by atoms with Crippen molar-refractivity contribution >= 4 is 5.78 Å². The quantitative estimate of drug-likeness (QED) is 0.795. The number of nitrogens with zero attached hydrogens (tertiary/aromatic N) is 1. The van der Waals surface area contributed by atoms with Crippen LogP contribution in [0.5, 0.6) is 11.6 Å². The fourth-order valence-corrected chi connectivity index (χ4v) is 1.59. The number of hydrogen-bond donors (Lipinski definition) is 0. The van der Waals surface area contributed by atoms with Crippen LogP contribution in [-0.2, 0) is 6.18 Å². The molecule has 20 heavy (non-hydrogen) atoms. The Bertz CT molecular complexity index is 638. The number of ketones is 1. The molecule has 1 heterocycles. The Kier molecular flexibility index (Phi) is 3.74.